The Morgan fingerprint density at radius 2 is 2.16 bits per heavy atom. The van der Waals surface area contributed by atoms with Crippen LogP contribution in [0.1, 0.15) is 43.7 Å². The van der Waals surface area contributed by atoms with Gasteiger partial charge in [-0.25, -0.2) is 0 Å². The molecule has 2 rings (SSSR count). The van der Waals surface area contributed by atoms with E-state index in [1.54, 1.807) is 0 Å². The van der Waals surface area contributed by atoms with Crippen molar-refractivity contribution in [2.24, 2.45) is 5.92 Å². The zero-order valence-electron chi connectivity index (χ0n) is 12.0. The summed E-state index contributed by atoms with van der Waals surface area (Å²) < 4.78 is 7.23. The van der Waals surface area contributed by atoms with Crippen LogP contribution in [0.5, 0.6) is 5.75 Å². The third-order valence-electron chi connectivity index (χ3n) is 3.75. The van der Waals surface area contributed by atoms with Crippen LogP contribution in [-0.2, 0) is 6.54 Å². The first-order chi connectivity index (χ1) is 9.20. The number of aryl methyl sites for hydroxylation is 1. The molecule has 1 aromatic rings. The molecule has 106 valence electrons. The van der Waals surface area contributed by atoms with E-state index in [9.17, 15) is 0 Å². The van der Waals surface area contributed by atoms with Crippen LogP contribution in [0.15, 0.2) is 16.6 Å². The fraction of sp³-hybridized carbons (Fsp3) is 0.625. The van der Waals surface area contributed by atoms with Crippen molar-refractivity contribution in [2.75, 3.05) is 13.2 Å². The van der Waals surface area contributed by atoms with Gasteiger partial charge in [0.25, 0.3) is 0 Å². The van der Waals surface area contributed by atoms with E-state index in [0.717, 1.165) is 42.3 Å². The van der Waals surface area contributed by atoms with Crippen LogP contribution in [0.25, 0.3) is 0 Å². The predicted molar refractivity (Wildman–Crippen MR) is 83.7 cm³/mol. The number of hydrogen-bond donors (Lipinski definition) is 1. The molecule has 0 unspecified atom stereocenters. The molecular formula is C16H24BrNO. The van der Waals surface area contributed by atoms with Crippen molar-refractivity contribution in [3.63, 3.8) is 0 Å². The summed E-state index contributed by atoms with van der Waals surface area (Å²) in [6.07, 6.45) is 5.20. The summed E-state index contributed by atoms with van der Waals surface area (Å²) in [5, 5.41) is 3.46. The van der Waals surface area contributed by atoms with E-state index < -0.39 is 0 Å². The minimum Gasteiger partial charge on any atom is -0.493 e. The Morgan fingerprint density at radius 1 is 1.37 bits per heavy atom. The van der Waals surface area contributed by atoms with Crippen LogP contribution in [-0.4, -0.2) is 13.2 Å². The first-order valence-corrected chi connectivity index (χ1v) is 8.12. The van der Waals surface area contributed by atoms with E-state index in [1.807, 2.05) is 0 Å². The van der Waals surface area contributed by atoms with E-state index >= 15 is 0 Å². The second-order valence-corrected chi connectivity index (χ2v) is 6.41. The monoisotopic (exact) mass is 325 g/mol. The van der Waals surface area contributed by atoms with E-state index in [1.165, 1.54) is 30.4 Å². The Kier molecular flexibility index (Phi) is 5.71. The molecule has 2 nitrogen and oxygen atoms in total. The van der Waals surface area contributed by atoms with Crippen LogP contribution < -0.4 is 10.1 Å². The summed E-state index contributed by atoms with van der Waals surface area (Å²) in [5.74, 6) is 1.86. The highest BCUT2D eigenvalue weighted by molar-refractivity contribution is 9.10. The number of ether oxygens (including phenoxy) is 1. The Bertz CT molecular complexity index is 415. The fourth-order valence-electron chi connectivity index (χ4n) is 2.40. The maximum atomic E-state index is 6.10. The lowest BCUT2D eigenvalue weighted by molar-refractivity contribution is 0.178. The second kappa shape index (κ2) is 7.30. The van der Waals surface area contributed by atoms with Crippen molar-refractivity contribution >= 4 is 15.9 Å². The molecule has 0 heterocycles. The van der Waals surface area contributed by atoms with E-state index in [4.69, 9.17) is 4.74 Å². The highest BCUT2D eigenvalue weighted by Gasteiger charge is 2.19. The summed E-state index contributed by atoms with van der Waals surface area (Å²) in [4.78, 5) is 0. The van der Waals surface area contributed by atoms with E-state index in [0.29, 0.717) is 0 Å². The summed E-state index contributed by atoms with van der Waals surface area (Å²) >= 11 is 3.58. The van der Waals surface area contributed by atoms with Gasteiger partial charge in [0.1, 0.15) is 5.75 Å². The predicted octanol–water partition coefficient (Wildman–Crippen LogP) is 4.44. The van der Waals surface area contributed by atoms with Gasteiger partial charge in [0, 0.05) is 16.6 Å². The summed E-state index contributed by atoms with van der Waals surface area (Å²) in [6, 6.07) is 4.31. The fourth-order valence-corrected chi connectivity index (χ4v) is 3.02. The number of benzene rings is 1. The minimum atomic E-state index is 0.777. The van der Waals surface area contributed by atoms with Crippen molar-refractivity contribution in [3.8, 4) is 5.75 Å². The van der Waals surface area contributed by atoms with Crippen molar-refractivity contribution in [3.05, 3.63) is 27.7 Å². The summed E-state index contributed by atoms with van der Waals surface area (Å²) in [5.41, 5.74) is 2.49. The molecule has 1 N–H and O–H groups in total. The highest BCUT2D eigenvalue weighted by Crippen LogP contribution is 2.31. The van der Waals surface area contributed by atoms with E-state index in [-0.39, 0.29) is 0 Å². The number of hydrogen-bond acceptors (Lipinski definition) is 2. The zero-order valence-corrected chi connectivity index (χ0v) is 13.6. The Balaban J connectivity index is 2.03. The van der Waals surface area contributed by atoms with Gasteiger partial charge in [-0.2, -0.15) is 0 Å². The Hall–Kier alpha value is -0.540. The lowest BCUT2D eigenvalue weighted by atomic mass is 9.86. The van der Waals surface area contributed by atoms with Crippen molar-refractivity contribution in [1.29, 1.82) is 0 Å². The van der Waals surface area contributed by atoms with Crippen LogP contribution >= 0.6 is 15.9 Å². The highest BCUT2D eigenvalue weighted by atomic mass is 79.9. The van der Waals surface area contributed by atoms with Crippen LogP contribution in [0.4, 0.5) is 0 Å². The Morgan fingerprint density at radius 3 is 2.79 bits per heavy atom. The summed E-state index contributed by atoms with van der Waals surface area (Å²) in [6.45, 7) is 7.13. The molecule has 1 aliphatic rings. The molecule has 0 aliphatic heterocycles. The largest absolute Gasteiger partial charge is 0.493 e. The lowest BCUT2D eigenvalue weighted by Gasteiger charge is -2.26. The third kappa shape index (κ3) is 4.22. The van der Waals surface area contributed by atoms with Gasteiger partial charge in [0.05, 0.1) is 6.61 Å². The maximum absolute atomic E-state index is 6.10. The van der Waals surface area contributed by atoms with Gasteiger partial charge in [0.15, 0.2) is 0 Å². The second-order valence-electron chi connectivity index (χ2n) is 5.50. The van der Waals surface area contributed by atoms with Crippen molar-refractivity contribution < 1.29 is 4.74 Å². The molecule has 1 saturated carbocycles. The first-order valence-electron chi connectivity index (χ1n) is 7.33. The number of nitrogens with one attached hydrogen (secondary N) is 1. The van der Waals surface area contributed by atoms with Gasteiger partial charge in [-0.05, 0) is 56.3 Å². The van der Waals surface area contributed by atoms with Crippen LogP contribution in [0.2, 0.25) is 0 Å². The maximum Gasteiger partial charge on any atom is 0.126 e. The van der Waals surface area contributed by atoms with Gasteiger partial charge in [-0.3, -0.25) is 0 Å². The molecule has 19 heavy (non-hydrogen) atoms. The topological polar surface area (TPSA) is 21.3 Å². The van der Waals surface area contributed by atoms with Gasteiger partial charge in [0.2, 0.25) is 0 Å². The van der Waals surface area contributed by atoms with Gasteiger partial charge < -0.3 is 10.1 Å². The molecule has 1 aliphatic carbocycles. The molecule has 0 amide bonds. The molecule has 0 atom stereocenters. The Labute approximate surface area is 125 Å². The molecule has 0 aromatic heterocycles. The standard InChI is InChI=1S/C16H24BrNO/c1-3-7-18-10-14-9-15(17)8-12(2)16(14)19-11-13-5-4-6-13/h8-9,13,18H,3-7,10-11H2,1-2H3. The molecule has 1 fully saturated rings. The molecule has 0 radical (unpaired) electrons. The average Bonchev–Trinajstić information content (AvgIpc) is 2.30. The van der Waals surface area contributed by atoms with Gasteiger partial charge in [-0.1, -0.05) is 29.3 Å². The summed E-state index contributed by atoms with van der Waals surface area (Å²) in [7, 11) is 0. The number of rotatable bonds is 7. The number of halogens is 1. The minimum absolute atomic E-state index is 0.777. The van der Waals surface area contributed by atoms with Gasteiger partial charge in [-0.15, -0.1) is 0 Å². The third-order valence-corrected chi connectivity index (χ3v) is 4.20. The smallest absolute Gasteiger partial charge is 0.126 e. The van der Waals surface area contributed by atoms with Crippen LogP contribution in [0.3, 0.4) is 0 Å². The molecule has 0 spiro atoms. The van der Waals surface area contributed by atoms with Crippen molar-refractivity contribution in [2.45, 2.75) is 46.1 Å². The van der Waals surface area contributed by atoms with Crippen molar-refractivity contribution in [1.82, 2.24) is 5.32 Å². The molecular weight excluding hydrogens is 302 g/mol. The molecule has 3 heteroatoms. The first kappa shape index (κ1) is 14.9. The zero-order chi connectivity index (χ0) is 13.7. The molecule has 1 aromatic carbocycles. The average molecular weight is 326 g/mol. The SMILES string of the molecule is CCCNCc1cc(Br)cc(C)c1OCC1CCC1. The quantitative estimate of drug-likeness (QED) is 0.748. The van der Waals surface area contributed by atoms with Crippen LogP contribution in [0, 0.1) is 12.8 Å². The molecule has 0 saturated heterocycles. The van der Waals surface area contributed by atoms with E-state index in [2.05, 4.69) is 47.2 Å². The normalized spacial score (nSPS) is 15.3. The lowest BCUT2D eigenvalue weighted by Crippen LogP contribution is -2.21. The van der Waals surface area contributed by atoms with Gasteiger partial charge >= 0.3 is 0 Å². The molecule has 0 bridgehead atoms.